The molecule has 24 heavy (non-hydrogen) atoms. The minimum Gasteiger partial charge on any atom is -0.481 e. The summed E-state index contributed by atoms with van der Waals surface area (Å²) in [5.41, 5.74) is 0. The maximum absolute atomic E-state index is 12.1. The van der Waals surface area contributed by atoms with Gasteiger partial charge in [-0.05, 0) is 18.6 Å². The Morgan fingerprint density at radius 3 is 2.25 bits per heavy atom. The van der Waals surface area contributed by atoms with Gasteiger partial charge in [0.05, 0.1) is 17.1 Å². The van der Waals surface area contributed by atoms with E-state index in [2.05, 4.69) is 0 Å². The standard InChI is InChI=1S/C13H18NO8PS/c15-12(16)7-6-10(13(17)18)8-23(19,20)9-14-24(21,22)11-4-2-1-3-5-11/h1-5,10,14H,6-9H2,(H,15,16)(H,17,18)(H,19,20). The highest BCUT2D eigenvalue weighted by atomic mass is 32.2. The van der Waals surface area contributed by atoms with Crippen LogP contribution in [-0.4, -0.2) is 47.9 Å². The van der Waals surface area contributed by atoms with Gasteiger partial charge in [0.2, 0.25) is 17.4 Å². The Morgan fingerprint density at radius 2 is 1.75 bits per heavy atom. The molecule has 1 aromatic rings. The molecule has 9 nitrogen and oxygen atoms in total. The molecule has 2 atom stereocenters. The normalized spacial score (nSPS) is 15.4. The van der Waals surface area contributed by atoms with E-state index in [-0.39, 0.29) is 11.3 Å². The smallest absolute Gasteiger partial charge is 0.307 e. The molecule has 0 bridgehead atoms. The number of sulfonamides is 1. The van der Waals surface area contributed by atoms with Gasteiger partial charge < -0.3 is 15.1 Å². The van der Waals surface area contributed by atoms with Crippen molar-refractivity contribution in [1.29, 1.82) is 0 Å². The Kier molecular flexibility index (Phi) is 7.09. The maximum atomic E-state index is 12.1. The lowest BCUT2D eigenvalue weighted by Crippen LogP contribution is -2.27. The molecule has 0 aliphatic heterocycles. The van der Waals surface area contributed by atoms with Gasteiger partial charge in [-0.1, -0.05) is 18.2 Å². The van der Waals surface area contributed by atoms with Crippen molar-refractivity contribution < 1.29 is 37.7 Å². The molecule has 0 aliphatic rings. The SMILES string of the molecule is O=C(O)CCC(CP(=O)(O)CNS(=O)(=O)c1ccccc1)C(=O)O. The van der Waals surface area contributed by atoms with Crippen LogP contribution in [0.15, 0.2) is 35.2 Å². The second kappa shape index (κ2) is 8.39. The summed E-state index contributed by atoms with van der Waals surface area (Å²) in [5.74, 6) is -3.98. The van der Waals surface area contributed by atoms with E-state index in [0.717, 1.165) is 0 Å². The maximum Gasteiger partial charge on any atom is 0.307 e. The van der Waals surface area contributed by atoms with Crippen LogP contribution < -0.4 is 4.72 Å². The van der Waals surface area contributed by atoms with E-state index in [1.54, 1.807) is 6.07 Å². The predicted molar refractivity (Wildman–Crippen MR) is 84.3 cm³/mol. The molecule has 11 heteroatoms. The lowest BCUT2D eigenvalue weighted by atomic mass is 10.1. The molecule has 1 rings (SSSR count). The number of carbonyl (C=O) groups is 2. The lowest BCUT2D eigenvalue weighted by molar-refractivity contribution is -0.142. The molecule has 0 saturated heterocycles. The van der Waals surface area contributed by atoms with Gasteiger partial charge in [0.1, 0.15) is 0 Å². The van der Waals surface area contributed by atoms with Crippen molar-refractivity contribution in [2.24, 2.45) is 5.92 Å². The van der Waals surface area contributed by atoms with E-state index in [1.807, 2.05) is 4.72 Å². The first kappa shape index (κ1) is 20.3. The fourth-order valence-electron chi connectivity index (χ4n) is 1.87. The third-order valence-electron chi connectivity index (χ3n) is 3.12. The molecule has 0 aliphatic carbocycles. The first-order chi connectivity index (χ1) is 11.0. The Hall–Kier alpha value is -1.74. The highest BCUT2D eigenvalue weighted by Crippen LogP contribution is 2.42. The Balaban J connectivity index is 2.73. The molecular formula is C13H18NO8PS. The molecule has 0 saturated carbocycles. The average molecular weight is 379 g/mol. The first-order valence-electron chi connectivity index (χ1n) is 6.84. The van der Waals surface area contributed by atoms with Crippen molar-refractivity contribution in [3.8, 4) is 0 Å². The zero-order chi connectivity index (χ0) is 18.4. The van der Waals surface area contributed by atoms with Crippen LogP contribution >= 0.6 is 7.37 Å². The van der Waals surface area contributed by atoms with Crippen molar-refractivity contribution in [2.45, 2.75) is 17.7 Å². The summed E-state index contributed by atoms with van der Waals surface area (Å²) in [4.78, 5) is 31.3. The Bertz CT molecular complexity index is 734. The quantitative estimate of drug-likeness (QED) is 0.434. The third-order valence-corrected chi connectivity index (χ3v) is 6.41. The van der Waals surface area contributed by atoms with Gasteiger partial charge >= 0.3 is 11.9 Å². The number of rotatable bonds is 10. The van der Waals surface area contributed by atoms with Crippen molar-refractivity contribution in [3.63, 3.8) is 0 Å². The first-order valence-corrected chi connectivity index (χ1v) is 10.3. The van der Waals surface area contributed by atoms with Gasteiger partial charge in [0.25, 0.3) is 0 Å². The van der Waals surface area contributed by atoms with E-state index >= 15 is 0 Å². The molecule has 0 amide bonds. The van der Waals surface area contributed by atoms with Crippen LogP contribution in [0.1, 0.15) is 12.8 Å². The minimum absolute atomic E-state index is 0.0920. The zero-order valence-corrected chi connectivity index (χ0v) is 14.2. The van der Waals surface area contributed by atoms with Crippen LogP contribution in [-0.2, 0) is 24.2 Å². The summed E-state index contributed by atoms with van der Waals surface area (Å²) in [6, 6.07) is 7.18. The summed E-state index contributed by atoms with van der Waals surface area (Å²) in [7, 11) is -8.14. The molecular weight excluding hydrogens is 361 g/mol. The van der Waals surface area contributed by atoms with Gasteiger partial charge in [-0.2, -0.15) is 0 Å². The number of hydrogen-bond donors (Lipinski definition) is 4. The molecule has 2 unspecified atom stereocenters. The second-order valence-corrected chi connectivity index (χ2v) is 9.26. The topological polar surface area (TPSA) is 158 Å². The van der Waals surface area contributed by atoms with Gasteiger partial charge in [-0.3, -0.25) is 14.2 Å². The van der Waals surface area contributed by atoms with E-state index < -0.39 is 54.1 Å². The Labute approximate surface area is 138 Å². The highest BCUT2D eigenvalue weighted by Gasteiger charge is 2.30. The van der Waals surface area contributed by atoms with Gasteiger partial charge in [0.15, 0.2) is 0 Å². The predicted octanol–water partition coefficient (Wildman–Crippen LogP) is 0.758. The fraction of sp³-hybridized carbons (Fsp3) is 0.385. The van der Waals surface area contributed by atoms with Crippen molar-refractivity contribution in [1.82, 2.24) is 4.72 Å². The van der Waals surface area contributed by atoms with Gasteiger partial charge in [0, 0.05) is 12.6 Å². The average Bonchev–Trinajstić information content (AvgIpc) is 2.50. The second-order valence-electron chi connectivity index (χ2n) is 5.12. The summed E-state index contributed by atoms with van der Waals surface area (Å²) in [5, 5.41) is 17.6. The number of carboxylic acid groups (broad SMARTS) is 2. The molecule has 134 valence electrons. The third kappa shape index (κ3) is 6.79. The summed E-state index contributed by atoms with van der Waals surface area (Å²) < 4.78 is 38.0. The monoisotopic (exact) mass is 379 g/mol. The number of hydrogen-bond acceptors (Lipinski definition) is 5. The molecule has 1 aromatic carbocycles. The van der Waals surface area contributed by atoms with Crippen molar-refractivity contribution in [2.75, 3.05) is 12.4 Å². The number of benzene rings is 1. The Morgan fingerprint density at radius 1 is 1.17 bits per heavy atom. The number of carboxylic acids is 2. The number of nitrogens with one attached hydrogen (secondary N) is 1. The van der Waals surface area contributed by atoms with Crippen LogP contribution in [0.2, 0.25) is 0 Å². The van der Waals surface area contributed by atoms with Crippen LogP contribution in [0.25, 0.3) is 0 Å². The molecule has 0 spiro atoms. The van der Waals surface area contributed by atoms with Crippen LogP contribution in [0.5, 0.6) is 0 Å². The molecule has 0 heterocycles. The molecule has 4 N–H and O–H groups in total. The molecule has 0 radical (unpaired) electrons. The fourth-order valence-corrected chi connectivity index (χ4v) is 5.19. The minimum atomic E-state index is -4.14. The summed E-state index contributed by atoms with van der Waals surface area (Å²) >= 11 is 0. The summed E-state index contributed by atoms with van der Waals surface area (Å²) in [6.45, 7) is 0. The molecule has 0 aromatic heterocycles. The number of aliphatic carboxylic acids is 2. The van der Waals surface area contributed by atoms with Gasteiger partial charge in [-0.15, -0.1) is 0 Å². The van der Waals surface area contributed by atoms with Crippen molar-refractivity contribution in [3.05, 3.63) is 30.3 Å². The van der Waals surface area contributed by atoms with E-state index in [4.69, 9.17) is 10.2 Å². The highest BCUT2D eigenvalue weighted by molar-refractivity contribution is 7.89. The molecule has 0 fully saturated rings. The van der Waals surface area contributed by atoms with Crippen LogP contribution in [0.4, 0.5) is 0 Å². The lowest BCUT2D eigenvalue weighted by Gasteiger charge is -2.17. The largest absolute Gasteiger partial charge is 0.481 e. The van der Waals surface area contributed by atoms with E-state index in [9.17, 15) is 27.5 Å². The van der Waals surface area contributed by atoms with Gasteiger partial charge in [-0.25, -0.2) is 13.1 Å². The zero-order valence-electron chi connectivity index (χ0n) is 12.5. The van der Waals surface area contributed by atoms with E-state index in [0.29, 0.717) is 0 Å². The van der Waals surface area contributed by atoms with Crippen LogP contribution in [0, 0.1) is 5.92 Å². The van der Waals surface area contributed by atoms with Crippen molar-refractivity contribution >= 4 is 29.3 Å². The van der Waals surface area contributed by atoms with Crippen LogP contribution in [0.3, 0.4) is 0 Å². The van der Waals surface area contributed by atoms with E-state index in [1.165, 1.54) is 24.3 Å². The summed E-state index contributed by atoms with van der Waals surface area (Å²) in [6.07, 6.45) is -2.33.